The monoisotopic (exact) mass is 250 g/mol. The number of aryl methyl sites for hydroxylation is 1. The highest BCUT2D eigenvalue weighted by atomic mass is 19.1. The van der Waals surface area contributed by atoms with Crippen LogP contribution in [0.1, 0.15) is 30.4 Å². The minimum absolute atomic E-state index is 0.153. The molecule has 2 N–H and O–H groups in total. The molecule has 1 saturated carbocycles. The van der Waals surface area contributed by atoms with Gasteiger partial charge in [0.2, 0.25) is 0 Å². The minimum atomic E-state index is -0.153. The summed E-state index contributed by atoms with van der Waals surface area (Å²) < 4.78 is 13.1. The zero-order valence-electron chi connectivity index (χ0n) is 11.3. The van der Waals surface area contributed by atoms with Gasteiger partial charge in [0.1, 0.15) is 5.82 Å². The van der Waals surface area contributed by atoms with E-state index in [9.17, 15) is 4.39 Å². The lowest BCUT2D eigenvalue weighted by molar-refractivity contribution is 0.192. The highest BCUT2D eigenvalue weighted by Gasteiger charge is 2.29. The van der Waals surface area contributed by atoms with Crippen LogP contribution in [0.3, 0.4) is 0 Å². The molecule has 0 saturated heterocycles. The predicted molar refractivity (Wildman–Crippen MR) is 72.8 cm³/mol. The SMILES string of the molecule is Cc1cc(F)ccc1CN(C)C1CCCC1CN. The molecule has 2 rings (SSSR count). The highest BCUT2D eigenvalue weighted by Crippen LogP contribution is 2.29. The standard InChI is InChI=1S/C15H23FN2/c1-11-8-14(16)7-6-13(11)10-18(2)15-5-3-4-12(15)9-17/h6-8,12,15H,3-5,9-10,17H2,1-2H3. The zero-order valence-corrected chi connectivity index (χ0v) is 11.3. The lowest BCUT2D eigenvalue weighted by Crippen LogP contribution is -2.37. The van der Waals surface area contributed by atoms with Gasteiger partial charge in [-0.05, 0) is 62.5 Å². The van der Waals surface area contributed by atoms with Crippen LogP contribution in [0.4, 0.5) is 4.39 Å². The molecule has 1 aliphatic carbocycles. The molecule has 2 atom stereocenters. The van der Waals surface area contributed by atoms with Gasteiger partial charge in [0, 0.05) is 12.6 Å². The van der Waals surface area contributed by atoms with Crippen LogP contribution in [0.25, 0.3) is 0 Å². The Labute approximate surface area is 109 Å². The molecule has 0 heterocycles. The Hall–Kier alpha value is -0.930. The molecule has 0 aromatic heterocycles. The first kappa shape index (κ1) is 13.5. The lowest BCUT2D eigenvalue weighted by atomic mass is 10.0. The number of halogens is 1. The van der Waals surface area contributed by atoms with Gasteiger partial charge in [-0.3, -0.25) is 4.90 Å². The van der Waals surface area contributed by atoms with Gasteiger partial charge >= 0.3 is 0 Å². The van der Waals surface area contributed by atoms with Crippen molar-refractivity contribution in [1.29, 1.82) is 0 Å². The maximum atomic E-state index is 13.1. The maximum absolute atomic E-state index is 13.1. The molecule has 3 heteroatoms. The Morgan fingerprint density at radius 1 is 1.39 bits per heavy atom. The van der Waals surface area contributed by atoms with Crippen LogP contribution >= 0.6 is 0 Å². The third kappa shape index (κ3) is 2.90. The number of hydrogen-bond acceptors (Lipinski definition) is 2. The van der Waals surface area contributed by atoms with E-state index in [0.29, 0.717) is 12.0 Å². The Kier molecular flexibility index (Phi) is 4.36. The van der Waals surface area contributed by atoms with Gasteiger partial charge in [0.25, 0.3) is 0 Å². The summed E-state index contributed by atoms with van der Waals surface area (Å²) in [5.74, 6) is 0.468. The first-order chi connectivity index (χ1) is 8.61. The van der Waals surface area contributed by atoms with E-state index in [0.717, 1.165) is 18.7 Å². The number of benzene rings is 1. The van der Waals surface area contributed by atoms with Crippen LogP contribution in [0.5, 0.6) is 0 Å². The van der Waals surface area contributed by atoms with Crippen LogP contribution in [0.2, 0.25) is 0 Å². The predicted octanol–water partition coefficient (Wildman–Crippen LogP) is 2.69. The Balaban J connectivity index is 2.04. The fraction of sp³-hybridized carbons (Fsp3) is 0.600. The molecule has 1 aromatic carbocycles. The van der Waals surface area contributed by atoms with E-state index in [2.05, 4.69) is 11.9 Å². The molecular formula is C15H23FN2. The Bertz CT molecular complexity index is 405. The van der Waals surface area contributed by atoms with Crippen molar-refractivity contribution in [3.05, 3.63) is 35.1 Å². The summed E-state index contributed by atoms with van der Waals surface area (Å²) in [6.45, 7) is 3.63. The normalized spacial score (nSPS) is 23.8. The summed E-state index contributed by atoms with van der Waals surface area (Å²) >= 11 is 0. The fourth-order valence-corrected chi connectivity index (χ4v) is 3.10. The van der Waals surface area contributed by atoms with Crippen LogP contribution in [0.15, 0.2) is 18.2 Å². The van der Waals surface area contributed by atoms with Gasteiger partial charge in [0.05, 0.1) is 0 Å². The average molecular weight is 250 g/mol. The molecule has 1 fully saturated rings. The van der Waals surface area contributed by atoms with Crippen molar-refractivity contribution in [3.63, 3.8) is 0 Å². The molecule has 0 radical (unpaired) electrons. The van der Waals surface area contributed by atoms with Crippen molar-refractivity contribution in [2.24, 2.45) is 11.7 Å². The third-order valence-corrected chi connectivity index (χ3v) is 4.21. The first-order valence-electron chi connectivity index (χ1n) is 6.77. The fourth-order valence-electron chi connectivity index (χ4n) is 3.10. The van der Waals surface area contributed by atoms with Crippen molar-refractivity contribution in [2.45, 2.75) is 38.8 Å². The second-order valence-electron chi connectivity index (χ2n) is 5.48. The Morgan fingerprint density at radius 2 is 2.17 bits per heavy atom. The smallest absolute Gasteiger partial charge is 0.123 e. The maximum Gasteiger partial charge on any atom is 0.123 e. The summed E-state index contributed by atoms with van der Waals surface area (Å²) in [4.78, 5) is 2.38. The molecule has 1 aromatic rings. The second kappa shape index (κ2) is 5.81. The van der Waals surface area contributed by atoms with Gasteiger partial charge in [-0.15, -0.1) is 0 Å². The quantitative estimate of drug-likeness (QED) is 0.890. The Morgan fingerprint density at radius 3 is 2.83 bits per heavy atom. The van der Waals surface area contributed by atoms with E-state index in [1.54, 1.807) is 12.1 Å². The number of nitrogens with zero attached hydrogens (tertiary/aromatic N) is 1. The summed E-state index contributed by atoms with van der Waals surface area (Å²) in [6, 6.07) is 5.64. The van der Waals surface area contributed by atoms with Crippen LogP contribution < -0.4 is 5.73 Å². The third-order valence-electron chi connectivity index (χ3n) is 4.21. The van der Waals surface area contributed by atoms with Gasteiger partial charge < -0.3 is 5.73 Å². The summed E-state index contributed by atoms with van der Waals surface area (Å²) in [5, 5.41) is 0. The van der Waals surface area contributed by atoms with Crippen LogP contribution in [-0.4, -0.2) is 24.5 Å². The molecule has 2 nitrogen and oxygen atoms in total. The first-order valence-corrected chi connectivity index (χ1v) is 6.77. The van der Waals surface area contributed by atoms with Crippen LogP contribution in [0, 0.1) is 18.7 Å². The van der Waals surface area contributed by atoms with Crippen molar-refractivity contribution < 1.29 is 4.39 Å². The van der Waals surface area contributed by atoms with Gasteiger partial charge in [-0.1, -0.05) is 12.5 Å². The molecule has 1 aliphatic rings. The van der Waals surface area contributed by atoms with Crippen molar-refractivity contribution in [2.75, 3.05) is 13.6 Å². The number of nitrogens with two attached hydrogens (primary N) is 1. The largest absolute Gasteiger partial charge is 0.330 e. The van der Waals surface area contributed by atoms with E-state index in [1.807, 2.05) is 13.0 Å². The molecule has 100 valence electrons. The molecule has 0 amide bonds. The lowest BCUT2D eigenvalue weighted by Gasteiger charge is -2.29. The van der Waals surface area contributed by atoms with E-state index in [1.165, 1.54) is 24.8 Å². The van der Waals surface area contributed by atoms with E-state index in [4.69, 9.17) is 5.73 Å². The summed E-state index contributed by atoms with van der Waals surface area (Å²) in [5.41, 5.74) is 8.07. The molecule has 0 bridgehead atoms. The molecule has 0 spiro atoms. The highest BCUT2D eigenvalue weighted by molar-refractivity contribution is 5.26. The van der Waals surface area contributed by atoms with Crippen molar-refractivity contribution in [1.82, 2.24) is 4.90 Å². The zero-order chi connectivity index (χ0) is 13.1. The van der Waals surface area contributed by atoms with Gasteiger partial charge in [0.15, 0.2) is 0 Å². The number of hydrogen-bond donors (Lipinski definition) is 1. The summed E-state index contributed by atoms with van der Waals surface area (Å²) in [6.07, 6.45) is 3.76. The number of rotatable bonds is 4. The molecule has 2 unspecified atom stereocenters. The van der Waals surface area contributed by atoms with E-state index in [-0.39, 0.29) is 5.82 Å². The van der Waals surface area contributed by atoms with E-state index < -0.39 is 0 Å². The van der Waals surface area contributed by atoms with Crippen LogP contribution in [-0.2, 0) is 6.54 Å². The van der Waals surface area contributed by atoms with Gasteiger partial charge in [-0.25, -0.2) is 4.39 Å². The summed E-state index contributed by atoms with van der Waals surface area (Å²) in [7, 11) is 2.15. The molecular weight excluding hydrogens is 227 g/mol. The molecule has 18 heavy (non-hydrogen) atoms. The van der Waals surface area contributed by atoms with Gasteiger partial charge in [-0.2, -0.15) is 0 Å². The van der Waals surface area contributed by atoms with Crippen molar-refractivity contribution in [3.8, 4) is 0 Å². The topological polar surface area (TPSA) is 29.3 Å². The minimum Gasteiger partial charge on any atom is -0.330 e. The van der Waals surface area contributed by atoms with E-state index >= 15 is 0 Å². The molecule has 0 aliphatic heterocycles. The average Bonchev–Trinajstić information content (AvgIpc) is 2.81. The van der Waals surface area contributed by atoms with Crippen molar-refractivity contribution >= 4 is 0 Å². The second-order valence-corrected chi connectivity index (χ2v) is 5.48.